The number of hydrogen-bond acceptors (Lipinski definition) is 4. The standard InChI is InChI=1S/C18H29N3O3.HI/c1-19-18(20-10-13-23-15-14-22-2)21-11-8-17(9-12-21)24-16-6-4-3-5-7-16;/h3-7,17H,8-15H2,1-2H3,(H,19,20);1H. The lowest BCUT2D eigenvalue weighted by Gasteiger charge is -2.34. The first-order valence-electron chi connectivity index (χ1n) is 8.57. The number of guanidine groups is 1. The van der Waals surface area contributed by atoms with Gasteiger partial charge >= 0.3 is 0 Å². The number of piperidine rings is 1. The van der Waals surface area contributed by atoms with Crippen LogP contribution < -0.4 is 10.1 Å². The molecule has 0 bridgehead atoms. The van der Waals surface area contributed by atoms with Crippen LogP contribution >= 0.6 is 24.0 Å². The van der Waals surface area contributed by atoms with Crippen LogP contribution in [-0.4, -0.2) is 70.6 Å². The molecule has 1 fully saturated rings. The third-order valence-electron chi connectivity index (χ3n) is 3.96. The molecular weight excluding hydrogens is 433 g/mol. The van der Waals surface area contributed by atoms with Crippen LogP contribution in [0.2, 0.25) is 0 Å². The van der Waals surface area contributed by atoms with Crippen molar-refractivity contribution in [1.29, 1.82) is 0 Å². The van der Waals surface area contributed by atoms with Crippen molar-refractivity contribution in [2.45, 2.75) is 18.9 Å². The van der Waals surface area contributed by atoms with Crippen LogP contribution in [0.4, 0.5) is 0 Å². The molecule has 0 saturated carbocycles. The van der Waals surface area contributed by atoms with Crippen molar-refractivity contribution in [3.63, 3.8) is 0 Å². The minimum absolute atomic E-state index is 0. The van der Waals surface area contributed by atoms with Gasteiger partial charge in [-0.25, -0.2) is 0 Å². The first kappa shape index (κ1) is 22.0. The summed E-state index contributed by atoms with van der Waals surface area (Å²) in [6.07, 6.45) is 2.28. The van der Waals surface area contributed by atoms with E-state index < -0.39 is 0 Å². The van der Waals surface area contributed by atoms with Crippen LogP contribution in [0, 0.1) is 0 Å². The van der Waals surface area contributed by atoms with Crippen LogP contribution in [0.1, 0.15) is 12.8 Å². The van der Waals surface area contributed by atoms with Gasteiger partial charge in [0, 0.05) is 46.6 Å². The number of nitrogens with one attached hydrogen (secondary N) is 1. The molecule has 1 saturated heterocycles. The van der Waals surface area contributed by atoms with Gasteiger partial charge in [0.1, 0.15) is 11.9 Å². The normalized spacial score (nSPS) is 15.6. The predicted molar refractivity (Wildman–Crippen MR) is 111 cm³/mol. The minimum atomic E-state index is 0. The highest BCUT2D eigenvalue weighted by atomic mass is 127. The van der Waals surface area contributed by atoms with E-state index in [0.717, 1.165) is 44.2 Å². The first-order chi connectivity index (χ1) is 11.8. The van der Waals surface area contributed by atoms with Crippen molar-refractivity contribution < 1.29 is 14.2 Å². The summed E-state index contributed by atoms with van der Waals surface area (Å²) >= 11 is 0. The first-order valence-corrected chi connectivity index (χ1v) is 8.57. The zero-order valence-corrected chi connectivity index (χ0v) is 17.5. The molecule has 1 aliphatic heterocycles. The maximum atomic E-state index is 6.03. The fourth-order valence-corrected chi connectivity index (χ4v) is 2.69. The summed E-state index contributed by atoms with van der Waals surface area (Å²) in [6.45, 7) is 4.54. The smallest absolute Gasteiger partial charge is 0.193 e. The number of rotatable bonds is 8. The molecule has 0 aliphatic carbocycles. The second kappa shape index (κ2) is 13.2. The van der Waals surface area contributed by atoms with E-state index in [-0.39, 0.29) is 30.1 Å². The van der Waals surface area contributed by atoms with Crippen LogP contribution in [-0.2, 0) is 9.47 Å². The summed E-state index contributed by atoms with van der Waals surface area (Å²) in [6, 6.07) is 10.0. The van der Waals surface area contributed by atoms with E-state index in [0.29, 0.717) is 19.8 Å². The number of benzene rings is 1. The number of ether oxygens (including phenoxy) is 3. The van der Waals surface area contributed by atoms with Gasteiger partial charge in [-0.05, 0) is 12.1 Å². The Kier molecular flexibility index (Phi) is 11.6. The quantitative estimate of drug-likeness (QED) is 0.278. The van der Waals surface area contributed by atoms with E-state index in [4.69, 9.17) is 14.2 Å². The lowest BCUT2D eigenvalue weighted by atomic mass is 10.1. The number of methoxy groups -OCH3 is 1. The van der Waals surface area contributed by atoms with Gasteiger partial charge in [0.15, 0.2) is 5.96 Å². The summed E-state index contributed by atoms with van der Waals surface area (Å²) in [5.74, 6) is 1.88. The summed E-state index contributed by atoms with van der Waals surface area (Å²) < 4.78 is 16.4. The SMILES string of the molecule is CN=C(NCCOCCOC)N1CCC(Oc2ccccc2)CC1.I. The Bertz CT molecular complexity index is 480. The van der Waals surface area contributed by atoms with Gasteiger partial charge in [-0.3, -0.25) is 4.99 Å². The third kappa shape index (κ3) is 8.24. The average molecular weight is 463 g/mol. The molecule has 142 valence electrons. The van der Waals surface area contributed by atoms with Crippen molar-refractivity contribution >= 4 is 29.9 Å². The predicted octanol–water partition coefficient (Wildman–Crippen LogP) is 2.39. The van der Waals surface area contributed by atoms with Crippen LogP contribution in [0.25, 0.3) is 0 Å². The largest absolute Gasteiger partial charge is 0.490 e. The summed E-state index contributed by atoms with van der Waals surface area (Å²) in [7, 11) is 3.50. The topological polar surface area (TPSA) is 55.3 Å². The van der Waals surface area contributed by atoms with Gasteiger partial charge in [-0.1, -0.05) is 18.2 Å². The third-order valence-corrected chi connectivity index (χ3v) is 3.96. The fourth-order valence-electron chi connectivity index (χ4n) is 2.69. The maximum absolute atomic E-state index is 6.03. The van der Waals surface area contributed by atoms with Crippen LogP contribution in [0.15, 0.2) is 35.3 Å². The number of halogens is 1. The summed E-state index contributed by atoms with van der Waals surface area (Å²) in [4.78, 5) is 6.64. The number of hydrogen-bond donors (Lipinski definition) is 1. The van der Waals surface area contributed by atoms with Gasteiger partial charge in [-0.2, -0.15) is 0 Å². The number of likely N-dealkylation sites (tertiary alicyclic amines) is 1. The Morgan fingerprint density at radius 2 is 1.88 bits per heavy atom. The van der Waals surface area contributed by atoms with E-state index in [9.17, 15) is 0 Å². The van der Waals surface area contributed by atoms with Crippen molar-refractivity contribution in [2.24, 2.45) is 4.99 Å². The number of nitrogens with zero attached hydrogens (tertiary/aromatic N) is 2. The molecule has 0 spiro atoms. The minimum Gasteiger partial charge on any atom is -0.490 e. The van der Waals surface area contributed by atoms with Crippen molar-refractivity contribution in [1.82, 2.24) is 10.2 Å². The highest BCUT2D eigenvalue weighted by Gasteiger charge is 2.22. The van der Waals surface area contributed by atoms with E-state index in [1.54, 1.807) is 7.11 Å². The molecule has 1 aromatic rings. The molecule has 6 nitrogen and oxygen atoms in total. The maximum Gasteiger partial charge on any atom is 0.193 e. The average Bonchev–Trinajstić information content (AvgIpc) is 2.63. The van der Waals surface area contributed by atoms with E-state index in [2.05, 4.69) is 15.2 Å². The Morgan fingerprint density at radius 3 is 2.52 bits per heavy atom. The highest BCUT2D eigenvalue weighted by molar-refractivity contribution is 14.0. The molecular formula is C18H30IN3O3. The second-order valence-electron chi connectivity index (χ2n) is 5.70. The molecule has 2 rings (SSSR count). The number of aliphatic imine (C=N–C) groups is 1. The Hall–Kier alpha value is -1.06. The van der Waals surface area contributed by atoms with Gasteiger partial charge in [0.05, 0.1) is 19.8 Å². The molecule has 7 heteroatoms. The molecule has 25 heavy (non-hydrogen) atoms. The van der Waals surface area contributed by atoms with Crippen molar-refractivity contribution in [2.75, 3.05) is 53.6 Å². The lowest BCUT2D eigenvalue weighted by molar-refractivity contribution is 0.0728. The van der Waals surface area contributed by atoms with Crippen molar-refractivity contribution in [3.8, 4) is 5.75 Å². The molecule has 1 aromatic carbocycles. The fraction of sp³-hybridized carbons (Fsp3) is 0.611. The summed E-state index contributed by atoms with van der Waals surface area (Å²) in [5, 5.41) is 3.35. The van der Waals surface area contributed by atoms with E-state index in [1.165, 1.54) is 0 Å². The Morgan fingerprint density at radius 1 is 1.16 bits per heavy atom. The second-order valence-corrected chi connectivity index (χ2v) is 5.70. The lowest BCUT2D eigenvalue weighted by Crippen LogP contribution is -2.48. The molecule has 0 unspecified atom stereocenters. The van der Waals surface area contributed by atoms with Gasteiger partial charge in [0.25, 0.3) is 0 Å². The molecule has 0 aromatic heterocycles. The van der Waals surface area contributed by atoms with E-state index in [1.807, 2.05) is 37.4 Å². The molecule has 0 atom stereocenters. The van der Waals surface area contributed by atoms with Crippen LogP contribution in [0.3, 0.4) is 0 Å². The zero-order chi connectivity index (χ0) is 17.0. The number of para-hydroxylation sites is 1. The molecule has 1 N–H and O–H groups in total. The van der Waals surface area contributed by atoms with E-state index >= 15 is 0 Å². The molecule has 1 heterocycles. The van der Waals surface area contributed by atoms with Gasteiger partial charge in [0.2, 0.25) is 0 Å². The molecule has 0 amide bonds. The van der Waals surface area contributed by atoms with Crippen LogP contribution in [0.5, 0.6) is 5.75 Å². The Balaban J connectivity index is 0.00000312. The summed E-state index contributed by atoms with van der Waals surface area (Å²) in [5.41, 5.74) is 0. The monoisotopic (exact) mass is 463 g/mol. The van der Waals surface area contributed by atoms with Gasteiger partial charge < -0.3 is 24.4 Å². The highest BCUT2D eigenvalue weighted by Crippen LogP contribution is 2.18. The van der Waals surface area contributed by atoms with Crippen molar-refractivity contribution in [3.05, 3.63) is 30.3 Å². The zero-order valence-electron chi connectivity index (χ0n) is 15.1. The molecule has 0 radical (unpaired) electrons. The Labute approximate surface area is 167 Å². The molecule has 1 aliphatic rings. The van der Waals surface area contributed by atoms with Gasteiger partial charge in [-0.15, -0.1) is 24.0 Å².